The van der Waals surface area contributed by atoms with E-state index in [2.05, 4.69) is 26.2 Å². The quantitative estimate of drug-likeness (QED) is 0.829. The highest BCUT2D eigenvalue weighted by atomic mass is 79.9. The molecule has 0 aliphatic heterocycles. The van der Waals surface area contributed by atoms with Crippen molar-refractivity contribution in [2.24, 2.45) is 0 Å². The number of hydrogen-bond acceptors (Lipinski definition) is 3. The number of pyridine rings is 1. The molecule has 0 saturated heterocycles. The molecule has 19 heavy (non-hydrogen) atoms. The summed E-state index contributed by atoms with van der Waals surface area (Å²) < 4.78 is 19.0. The summed E-state index contributed by atoms with van der Waals surface area (Å²) in [6.07, 6.45) is 1.77. The van der Waals surface area contributed by atoms with Gasteiger partial charge in [-0.15, -0.1) is 0 Å². The predicted octanol–water partition coefficient (Wildman–Crippen LogP) is 3.15. The number of rotatable bonds is 6. The van der Waals surface area contributed by atoms with Gasteiger partial charge in [0.2, 0.25) is 0 Å². The van der Waals surface area contributed by atoms with E-state index in [0.717, 1.165) is 5.69 Å². The summed E-state index contributed by atoms with van der Waals surface area (Å²) in [4.78, 5) is 4.21. The van der Waals surface area contributed by atoms with Crippen molar-refractivity contribution in [2.45, 2.75) is 6.54 Å². The van der Waals surface area contributed by atoms with Crippen LogP contribution in [-0.2, 0) is 6.54 Å². The molecule has 2 rings (SSSR count). The molecule has 5 heteroatoms. The zero-order valence-corrected chi connectivity index (χ0v) is 11.9. The van der Waals surface area contributed by atoms with Crippen molar-refractivity contribution >= 4 is 15.9 Å². The van der Waals surface area contributed by atoms with Gasteiger partial charge in [-0.3, -0.25) is 4.98 Å². The number of benzene rings is 1. The normalized spacial score (nSPS) is 10.4. The fourth-order valence-electron chi connectivity index (χ4n) is 1.54. The van der Waals surface area contributed by atoms with Crippen molar-refractivity contribution in [3.63, 3.8) is 0 Å². The molecule has 3 nitrogen and oxygen atoms in total. The second kappa shape index (κ2) is 7.21. The number of hydrogen-bond donors (Lipinski definition) is 1. The third-order valence-corrected chi connectivity index (χ3v) is 3.08. The van der Waals surface area contributed by atoms with Crippen LogP contribution in [0.5, 0.6) is 5.75 Å². The van der Waals surface area contributed by atoms with E-state index in [9.17, 15) is 4.39 Å². The summed E-state index contributed by atoms with van der Waals surface area (Å²) in [5.41, 5.74) is 0.991. The van der Waals surface area contributed by atoms with Crippen molar-refractivity contribution in [3.05, 3.63) is 58.6 Å². The Balaban J connectivity index is 1.69. The summed E-state index contributed by atoms with van der Waals surface area (Å²) in [6.45, 7) is 1.91. The highest BCUT2D eigenvalue weighted by molar-refractivity contribution is 9.10. The number of nitrogens with zero attached hydrogens (tertiary/aromatic N) is 1. The Morgan fingerprint density at radius 2 is 2.16 bits per heavy atom. The third kappa shape index (κ3) is 4.61. The van der Waals surface area contributed by atoms with Crippen LogP contribution in [0.2, 0.25) is 0 Å². The summed E-state index contributed by atoms with van der Waals surface area (Å²) in [6, 6.07) is 10.2. The summed E-state index contributed by atoms with van der Waals surface area (Å²) in [5, 5.41) is 3.23. The van der Waals surface area contributed by atoms with Crippen LogP contribution >= 0.6 is 15.9 Å². The smallest absolute Gasteiger partial charge is 0.133 e. The van der Waals surface area contributed by atoms with Crippen LogP contribution in [0.15, 0.2) is 47.1 Å². The van der Waals surface area contributed by atoms with E-state index in [4.69, 9.17) is 4.74 Å². The topological polar surface area (TPSA) is 34.1 Å². The van der Waals surface area contributed by atoms with Gasteiger partial charge in [0.1, 0.15) is 18.2 Å². The van der Waals surface area contributed by atoms with Gasteiger partial charge in [-0.05, 0) is 46.3 Å². The van der Waals surface area contributed by atoms with Crippen LogP contribution in [0.3, 0.4) is 0 Å². The Kier molecular flexibility index (Phi) is 5.30. The zero-order chi connectivity index (χ0) is 13.5. The number of nitrogens with one attached hydrogen (secondary N) is 1. The molecule has 100 valence electrons. The highest BCUT2D eigenvalue weighted by Gasteiger charge is 2.02. The first-order valence-electron chi connectivity index (χ1n) is 5.94. The number of halogens is 2. The standard InChI is InChI=1S/C14H14BrFN2O/c15-13-9-11(16)4-5-14(13)19-8-7-17-10-12-3-1-2-6-18-12/h1-6,9,17H,7-8,10H2. The average Bonchev–Trinajstić information content (AvgIpc) is 2.42. The third-order valence-electron chi connectivity index (χ3n) is 2.46. The molecule has 0 aliphatic rings. The van der Waals surface area contributed by atoms with Crippen LogP contribution in [0.4, 0.5) is 4.39 Å². The van der Waals surface area contributed by atoms with E-state index < -0.39 is 0 Å². The van der Waals surface area contributed by atoms with Crippen molar-refractivity contribution in [2.75, 3.05) is 13.2 Å². The van der Waals surface area contributed by atoms with Crippen molar-refractivity contribution in [1.82, 2.24) is 10.3 Å². The molecule has 0 aliphatic carbocycles. The highest BCUT2D eigenvalue weighted by Crippen LogP contribution is 2.25. The molecule has 0 atom stereocenters. The van der Waals surface area contributed by atoms with Gasteiger partial charge < -0.3 is 10.1 Å². The molecule has 2 aromatic rings. The molecule has 0 bridgehead atoms. The monoisotopic (exact) mass is 324 g/mol. The summed E-state index contributed by atoms with van der Waals surface area (Å²) in [5.74, 6) is 0.355. The molecule has 0 amide bonds. The van der Waals surface area contributed by atoms with E-state index in [1.54, 1.807) is 12.3 Å². The van der Waals surface area contributed by atoms with E-state index in [1.165, 1.54) is 12.1 Å². The van der Waals surface area contributed by atoms with Crippen molar-refractivity contribution in [3.8, 4) is 5.75 Å². The zero-order valence-electron chi connectivity index (χ0n) is 10.3. The second-order valence-electron chi connectivity index (χ2n) is 3.92. The van der Waals surface area contributed by atoms with Gasteiger partial charge in [-0.1, -0.05) is 6.07 Å². The molecule has 0 radical (unpaired) electrons. The maximum Gasteiger partial charge on any atom is 0.133 e. The van der Waals surface area contributed by atoms with Gasteiger partial charge in [-0.25, -0.2) is 4.39 Å². The summed E-state index contributed by atoms with van der Waals surface area (Å²) >= 11 is 3.26. The van der Waals surface area contributed by atoms with Crippen LogP contribution in [0.25, 0.3) is 0 Å². The van der Waals surface area contributed by atoms with Crippen molar-refractivity contribution < 1.29 is 9.13 Å². The van der Waals surface area contributed by atoms with Crippen LogP contribution in [0, 0.1) is 5.82 Å². The van der Waals surface area contributed by atoms with E-state index in [-0.39, 0.29) is 5.82 Å². The first kappa shape index (κ1) is 14.0. The molecule has 1 N–H and O–H groups in total. The Bertz CT molecular complexity index is 522. The van der Waals surface area contributed by atoms with Crippen molar-refractivity contribution in [1.29, 1.82) is 0 Å². The van der Waals surface area contributed by atoms with Crippen LogP contribution in [-0.4, -0.2) is 18.1 Å². The number of aromatic nitrogens is 1. The van der Waals surface area contributed by atoms with Gasteiger partial charge in [0.15, 0.2) is 0 Å². The van der Waals surface area contributed by atoms with Gasteiger partial charge in [0.25, 0.3) is 0 Å². The molecule has 0 spiro atoms. The number of ether oxygens (including phenoxy) is 1. The fraction of sp³-hybridized carbons (Fsp3) is 0.214. The molecular weight excluding hydrogens is 311 g/mol. The minimum absolute atomic E-state index is 0.285. The molecule has 1 aromatic carbocycles. The largest absolute Gasteiger partial charge is 0.491 e. The van der Waals surface area contributed by atoms with Gasteiger partial charge in [0.05, 0.1) is 10.2 Å². The van der Waals surface area contributed by atoms with E-state index in [1.807, 2.05) is 18.2 Å². The molecule has 0 saturated carbocycles. The Morgan fingerprint density at radius 1 is 1.26 bits per heavy atom. The van der Waals surface area contributed by atoms with Crippen LogP contribution in [0.1, 0.15) is 5.69 Å². The lowest BCUT2D eigenvalue weighted by Gasteiger charge is -2.09. The average molecular weight is 325 g/mol. The lowest BCUT2D eigenvalue weighted by molar-refractivity contribution is 0.311. The first-order valence-corrected chi connectivity index (χ1v) is 6.73. The van der Waals surface area contributed by atoms with Gasteiger partial charge >= 0.3 is 0 Å². The summed E-state index contributed by atoms with van der Waals surface area (Å²) in [7, 11) is 0. The molecular formula is C14H14BrFN2O. The Morgan fingerprint density at radius 3 is 2.89 bits per heavy atom. The molecule has 0 fully saturated rings. The molecule has 1 heterocycles. The lowest BCUT2D eigenvalue weighted by Crippen LogP contribution is -2.21. The maximum atomic E-state index is 12.9. The minimum atomic E-state index is -0.285. The predicted molar refractivity (Wildman–Crippen MR) is 75.5 cm³/mol. The van der Waals surface area contributed by atoms with E-state index >= 15 is 0 Å². The SMILES string of the molecule is Fc1ccc(OCCNCc2ccccn2)c(Br)c1. The molecule has 0 unspecified atom stereocenters. The van der Waals surface area contributed by atoms with Gasteiger partial charge in [0, 0.05) is 19.3 Å². The fourth-order valence-corrected chi connectivity index (χ4v) is 2.01. The first-order chi connectivity index (χ1) is 9.25. The van der Waals surface area contributed by atoms with Crippen LogP contribution < -0.4 is 10.1 Å². The minimum Gasteiger partial charge on any atom is -0.491 e. The Labute approximate surface area is 119 Å². The second-order valence-corrected chi connectivity index (χ2v) is 4.78. The van der Waals surface area contributed by atoms with E-state index in [0.29, 0.717) is 29.9 Å². The lowest BCUT2D eigenvalue weighted by atomic mass is 10.3. The maximum absolute atomic E-state index is 12.9. The Hall–Kier alpha value is -1.46. The van der Waals surface area contributed by atoms with Gasteiger partial charge in [-0.2, -0.15) is 0 Å². The molecule has 1 aromatic heterocycles.